The minimum absolute atomic E-state index is 0.0479. The Kier molecular flexibility index (Phi) is 4.58. The fraction of sp³-hybridized carbons (Fsp3) is 1.00. The van der Waals surface area contributed by atoms with E-state index >= 15 is 0 Å². The van der Waals surface area contributed by atoms with Crippen molar-refractivity contribution < 1.29 is 30.0 Å². The van der Waals surface area contributed by atoms with E-state index in [1.807, 2.05) is 0 Å². The Hall–Kier alpha value is -0.390. The highest BCUT2D eigenvalue weighted by atomic mass is 32.2. The van der Waals surface area contributed by atoms with Gasteiger partial charge in [0, 0.05) is 25.7 Å². The van der Waals surface area contributed by atoms with Crippen LogP contribution in [0.15, 0.2) is 0 Å². The zero-order valence-corrected chi connectivity index (χ0v) is 12.8. The Morgan fingerprint density at radius 1 is 1.10 bits per heavy atom. The molecule has 0 aromatic rings. The van der Waals surface area contributed by atoms with Crippen LogP contribution in [0.5, 0.6) is 0 Å². The van der Waals surface area contributed by atoms with E-state index in [0.717, 1.165) is 8.61 Å². The largest absolute Gasteiger partial charge is 0.390 e. The van der Waals surface area contributed by atoms with Crippen molar-refractivity contribution in [3.8, 4) is 0 Å². The quantitative estimate of drug-likeness (QED) is 0.737. The molecule has 21 heavy (non-hydrogen) atoms. The van der Waals surface area contributed by atoms with E-state index in [4.69, 9.17) is 0 Å². The van der Waals surface area contributed by atoms with Crippen LogP contribution in [0.25, 0.3) is 0 Å². The van der Waals surface area contributed by atoms with Gasteiger partial charge in [0.05, 0.1) is 17.9 Å². The maximum absolute atomic E-state index is 12.5. The van der Waals surface area contributed by atoms with Gasteiger partial charge in [-0.15, -0.1) is 0 Å². The van der Waals surface area contributed by atoms with Crippen LogP contribution in [-0.2, 0) is 20.0 Å². The summed E-state index contributed by atoms with van der Waals surface area (Å²) in [5.41, 5.74) is 0. The van der Waals surface area contributed by atoms with Gasteiger partial charge >= 0.3 is 6.18 Å². The van der Waals surface area contributed by atoms with Crippen LogP contribution in [0.1, 0.15) is 19.3 Å². The van der Waals surface area contributed by atoms with Gasteiger partial charge in [-0.05, 0) is 12.8 Å². The second-order valence-electron chi connectivity index (χ2n) is 5.28. The number of hydrogen-bond acceptors (Lipinski definition) is 4. The lowest BCUT2D eigenvalue weighted by atomic mass is 10.1. The summed E-state index contributed by atoms with van der Waals surface area (Å²) in [7, 11) is -7.28. The van der Waals surface area contributed by atoms with Crippen molar-refractivity contribution in [3.05, 3.63) is 0 Å². The molecule has 0 aliphatic carbocycles. The predicted molar refractivity (Wildman–Crippen MR) is 69.5 cm³/mol. The molecule has 0 aromatic carbocycles. The molecule has 2 fully saturated rings. The Morgan fingerprint density at radius 3 is 2.19 bits per heavy atom. The average molecular weight is 350 g/mol. The highest BCUT2D eigenvalue weighted by Gasteiger charge is 2.44. The molecule has 0 spiro atoms. The first-order chi connectivity index (χ1) is 9.51. The van der Waals surface area contributed by atoms with Crippen molar-refractivity contribution in [2.75, 3.05) is 31.1 Å². The lowest BCUT2D eigenvalue weighted by molar-refractivity contribution is -0.142. The van der Waals surface area contributed by atoms with Crippen LogP contribution in [-0.4, -0.2) is 68.8 Å². The van der Waals surface area contributed by atoms with E-state index in [1.165, 1.54) is 0 Å². The van der Waals surface area contributed by atoms with Crippen molar-refractivity contribution >= 4 is 20.0 Å². The molecule has 2 aliphatic rings. The second-order valence-corrected chi connectivity index (χ2v) is 9.47. The summed E-state index contributed by atoms with van der Waals surface area (Å²) < 4.78 is 86.7. The first-order valence-electron chi connectivity index (χ1n) is 6.55. The molecule has 2 heterocycles. The lowest BCUT2D eigenvalue weighted by Crippen LogP contribution is -2.51. The highest BCUT2D eigenvalue weighted by molar-refractivity contribution is 7.91. The van der Waals surface area contributed by atoms with Crippen LogP contribution in [0, 0.1) is 0 Å². The Labute approximate surface area is 122 Å². The third-order valence-corrected chi connectivity index (χ3v) is 7.42. The second kappa shape index (κ2) is 5.67. The molecule has 2 saturated heterocycles. The summed E-state index contributed by atoms with van der Waals surface area (Å²) in [4.78, 5) is 0. The topological polar surface area (TPSA) is 74.8 Å². The van der Waals surface area contributed by atoms with Gasteiger partial charge in [0.1, 0.15) is 0 Å². The van der Waals surface area contributed by atoms with E-state index in [9.17, 15) is 30.0 Å². The third-order valence-electron chi connectivity index (χ3n) is 3.72. The minimum Gasteiger partial charge on any atom is -0.229 e. The fourth-order valence-electron chi connectivity index (χ4n) is 2.66. The van der Waals surface area contributed by atoms with Gasteiger partial charge in [-0.1, -0.05) is 0 Å². The summed E-state index contributed by atoms with van der Waals surface area (Å²) in [5.74, 6) is -0.575. The number of halogens is 3. The molecule has 11 heteroatoms. The van der Waals surface area contributed by atoms with Crippen LogP contribution in [0.4, 0.5) is 13.2 Å². The minimum atomic E-state index is -4.42. The summed E-state index contributed by atoms with van der Waals surface area (Å²) in [5, 5.41) is 0. The predicted octanol–water partition coefficient (Wildman–Crippen LogP) is 0.378. The molecule has 0 N–H and O–H groups in total. The molecule has 0 saturated carbocycles. The number of sulfone groups is 1. The Bertz CT molecular complexity index is 574. The third kappa shape index (κ3) is 4.08. The Balaban J connectivity index is 2.12. The summed E-state index contributed by atoms with van der Waals surface area (Å²) in [6.07, 6.45) is -5.04. The van der Waals surface area contributed by atoms with Gasteiger partial charge in [-0.2, -0.15) is 30.2 Å². The van der Waals surface area contributed by atoms with Crippen molar-refractivity contribution in [2.24, 2.45) is 0 Å². The van der Waals surface area contributed by atoms with Gasteiger partial charge in [0.15, 0.2) is 9.84 Å². The first kappa shape index (κ1) is 17.0. The van der Waals surface area contributed by atoms with E-state index in [2.05, 4.69) is 0 Å². The van der Waals surface area contributed by atoms with Gasteiger partial charge in [-0.3, -0.25) is 0 Å². The molecule has 2 rings (SSSR count). The monoisotopic (exact) mass is 350 g/mol. The van der Waals surface area contributed by atoms with Gasteiger partial charge in [0.2, 0.25) is 0 Å². The summed E-state index contributed by atoms with van der Waals surface area (Å²) in [6, 6.07) is -1.09. The Morgan fingerprint density at radius 2 is 1.67 bits per heavy atom. The van der Waals surface area contributed by atoms with Crippen LogP contribution < -0.4 is 0 Å². The zero-order chi connectivity index (χ0) is 15.9. The van der Waals surface area contributed by atoms with Gasteiger partial charge in [-0.25, -0.2) is 8.42 Å². The van der Waals surface area contributed by atoms with E-state index in [-0.39, 0.29) is 37.6 Å². The van der Waals surface area contributed by atoms with Crippen molar-refractivity contribution in [1.29, 1.82) is 0 Å². The maximum atomic E-state index is 12.5. The van der Waals surface area contributed by atoms with Gasteiger partial charge < -0.3 is 0 Å². The molecule has 2 aliphatic heterocycles. The highest BCUT2D eigenvalue weighted by Crippen LogP contribution is 2.32. The number of rotatable bonds is 3. The number of nitrogens with zero attached hydrogens (tertiary/aromatic N) is 2. The molecule has 0 radical (unpaired) electrons. The molecule has 0 bridgehead atoms. The average Bonchev–Trinajstić information content (AvgIpc) is 2.74. The lowest BCUT2D eigenvalue weighted by Gasteiger charge is -2.33. The summed E-state index contributed by atoms with van der Waals surface area (Å²) in [6.45, 7) is -0.341. The van der Waals surface area contributed by atoms with Crippen molar-refractivity contribution in [2.45, 2.75) is 31.5 Å². The molecule has 1 unspecified atom stereocenters. The normalized spacial score (nSPS) is 28.8. The van der Waals surface area contributed by atoms with E-state index in [1.54, 1.807) is 0 Å². The number of alkyl halides is 3. The molecule has 6 nitrogen and oxygen atoms in total. The fourth-order valence-corrected chi connectivity index (χ4v) is 5.95. The van der Waals surface area contributed by atoms with Crippen molar-refractivity contribution in [3.63, 3.8) is 0 Å². The van der Waals surface area contributed by atoms with Crippen molar-refractivity contribution in [1.82, 2.24) is 8.61 Å². The first-order valence-corrected chi connectivity index (χ1v) is 9.77. The molecule has 1 atom stereocenters. The van der Waals surface area contributed by atoms with Crippen LogP contribution in [0.3, 0.4) is 0 Å². The smallest absolute Gasteiger partial charge is 0.229 e. The summed E-state index contributed by atoms with van der Waals surface area (Å²) >= 11 is 0. The molecule has 0 amide bonds. The van der Waals surface area contributed by atoms with E-state index < -0.39 is 38.7 Å². The van der Waals surface area contributed by atoms with Crippen LogP contribution >= 0.6 is 0 Å². The van der Waals surface area contributed by atoms with E-state index in [0.29, 0.717) is 6.42 Å². The van der Waals surface area contributed by atoms with Crippen LogP contribution in [0.2, 0.25) is 0 Å². The van der Waals surface area contributed by atoms with Gasteiger partial charge in [0.25, 0.3) is 10.2 Å². The zero-order valence-electron chi connectivity index (χ0n) is 11.2. The molecule has 0 aromatic heterocycles. The standard InChI is InChI=1S/C10H17F3N2O4S2/c11-10(12,13)8-9-2-1-3-15(9)21(18,19)14-4-6-20(16,17)7-5-14/h9H,1-8H2. The molecule has 124 valence electrons. The SMILES string of the molecule is O=S1(=O)CCN(S(=O)(=O)N2CCCC2CC(F)(F)F)CC1. The number of hydrogen-bond donors (Lipinski definition) is 0. The molecular formula is C10H17F3N2O4S2. The molecular weight excluding hydrogens is 333 g/mol. The maximum Gasteiger partial charge on any atom is 0.390 e.